The van der Waals surface area contributed by atoms with E-state index in [1.54, 1.807) is 0 Å². The molecule has 18 aromatic carbocycles. The van der Waals surface area contributed by atoms with Gasteiger partial charge in [-0.2, -0.15) is 0 Å². The zero-order valence-electron chi connectivity index (χ0n) is 70.1. The van der Waals surface area contributed by atoms with Crippen LogP contribution >= 0.6 is 0 Å². The topological polar surface area (TPSA) is 48.0 Å². The molecule has 4 aliphatic rings. The average Bonchev–Trinajstić information content (AvgIpc) is 1.49. The summed E-state index contributed by atoms with van der Waals surface area (Å²) in [6.45, 7) is 11.5. The maximum Gasteiger partial charge on any atom is 0.256 e. The fourth-order valence-corrected chi connectivity index (χ4v) is 23.2. The molecule has 0 fully saturated rings. The zero-order chi connectivity index (χ0) is 83.0. The molecule has 10 heteroatoms. The van der Waals surface area contributed by atoms with Gasteiger partial charge in [0, 0.05) is 110 Å². The number of para-hydroxylation sites is 6. The van der Waals surface area contributed by atoms with Crippen molar-refractivity contribution in [1.29, 1.82) is 0 Å². The zero-order valence-corrected chi connectivity index (χ0v) is 70.1. The molecule has 590 valence electrons. The van der Waals surface area contributed by atoms with E-state index in [2.05, 4.69) is 432 Å². The molecule has 126 heavy (non-hydrogen) atoms. The predicted octanol–water partition coefficient (Wildman–Crippen LogP) is 25.3. The molecule has 0 atom stereocenters. The van der Waals surface area contributed by atoms with Gasteiger partial charge in [0.25, 0.3) is 13.4 Å². The average molecular weight is 1610 g/mol. The Kier molecular flexibility index (Phi) is 14.1. The van der Waals surface area contributed by atoms with E-state index in [-0.39, 0.29) is 18.8 Å². The lowest BCUT2D eigenvalue weighted by atomic mass is 9.34. The Morgan fingerprint density at radius 1 is 0.230 bits per heavy atom. The van der Waals surface area contributed by atoms with Crippen molar-refractivity contribution in [2.24, 2.45) is 0 Å². The number of hydrogen-bond donors (Lipinski definition) is 0. The molecule has 0 aliphatic carbocycles. The summed E-state index contributed by atoms with van der Waals surface area (Å²) in [5.41, 5.74) is 36.0. The van der Waals surface area contributed by atoms with Crippen molar-refractivity contribution in [1.82, 2.24) is 27.4 Å². The van der Waals surface area contributed by atoms with Crippen LogP contribution in [0.5, 0.6) is 23.0 Å². The smallest absolute Gasteiger partial charge is 0.256 e. The molecular weight excluding hydrogens is 1530 g/mol. The Bertz CT molecular complexity index is 8880. The van der Waals surface area contributed by atoms with Crippen LogP contribution in [0, 0.1) is 0 Å². The minimum absolute atomic E-state index is 0.116. The second-order valence-corrected chi connectivity index (χ2v) is 37.2. The molecule has 10 heterocycles. The van der Waals surface area contributed by atoms with Gasteiger partial charge in [0.15, 0.2) is 0 Å². The van der Waals surface area contributed by atoms with E-state index in [1.165, 1.54) is 170 Å². The largest absolute Gasteiger partial charge is 0.458 e. The number of nitrogens with zero attached hydrogens (tertiary/aromatic N) is 6. The molecule has 24 aromatic rings. The van der Waals surface area contributed by atoms with E-state index in [0.29, 0.717) is 6.42 Å². The summed E-state index contributed by atoms with van der Waals surface area (Å²) in [5, 5.41) is 14.6. The number of ether oxygens (including phenoxy) is 2. The van der Waals surface area contributed by atoms with Crippen LogP contribution in [0.2, 0.25) is 0 Å². The quantitative estimate of drug-likeness (QED) is 0.135. The van der Waals surface area contributed by atoms with Gasteiger partial charge in [-0.15, -0.1) is 0 Å². The molecule has 0 unspecified atom stereocenters. The van der Waals surface area contributed by atoms with Gasteiger partial charge in [-0.3, -0.25) is 0 Å². The second-order valence-electron chi connectivity index (χ2n) is 37.2. The summed E-state index contributed by atoms with van der Waals surface area (Å²) in [7, 11) is 0. The highest BCUT2D eigenvalue weighted by molar-refractivity contribution is 7.00. The minimum atomic E-state index is -0.413. The minimum Gasteiger partial charge on any atom is -0.458 e. The SMILES string of the molecule is CC(C)(C)c1ccc2c(c1)Oc1cc(CC(C)(C)c3ccc4c(c3)B3c5c(cccc5-n5c6ccc(-c7ccccc7)cc6c6cc(-c7ccccc7)cc3c65)O4)cc3c1B2c1cc(-n2c4ccccc4c4cc(-n5c6ccccc6c6ccccc65)ccc42)cc2c4cc(-n5c6ccccc6c6cc(-n7c8ccccc8c8ccccc87)ccc65)ccc4n-3c12. The first-order valence-electron chi connectivity index (χ1n) is 44.2. The van der Waals surface area contributed by atoms with Crippen LogP contribution in [-0.4, -0.2) is 40.8 Å². The Hall–Kier alpha value is -15.5. The van der Waals surface area contributed by atoms with Crippen LogP contribution in [-0.2, 0) is 17.3 Å². The highest BCUT2D eigenvalue weighted by atomic mass is 16.5. The first-order chi connectivity index (χ1) is 61.9. The number of hydrogen-bond acceptors (Lipinski definition) is 2. The van der Waals surface area contributed by atoms with Gasteiger partial charge in [0.2, 0.25) is 0 Å². The molecule has 6 aromatic heterocycles. The highest BCUT2D eigenvalue weighted by Crippen LogP contribution is 2.48. The van der Waals surface area contributed by atoms with Crippen LogP contribution in [0.4, 0.5) is 0 Å². The molecular formula is C116H78B2N6O2. The monoisotopic (exact) mass is 1610 g/mol. The maximum atomic E-state index is 7.72. The Morgan fingerprint density at radius 3 is 1.20 bits per heavy atom. The van der Waals surface area contributed by atoms with Crippen molar-refractivity contribution in [3.8, 4) is 79.4 Å². The Balaban J connectivity index is 0.652. The van der Waals surface area contributed by atoms with Gasteiger partial charge in [-0.05, 0) is 247 Å². The molecule has 4 aliphatic heterocycles. The van der Waals surface area contributed by atoms with Gasteiger partial charge in [-0.25, -0.2) is 0 Å². The van der Waals surface area contributed by atoms with Crippen LogP contribution < -0.4 is 42.3 Å². The number of aromatic nitrogens is 6. The van der Waals surface area contributed by atoms with Crippen LogP contribution in [0.1, 0.15) is 51.3 Å². The number of fused-ring (bicyclic) bond motifs is 26. The third-order valence-corrected chi connectivity index (χ3v) is 28.8. The van der Waals surface area contributed by atoms with Crippen LogP contribution in [0.3, 0.4) is 0 Å². The second kappa shape index (κ2) is 25.3. The molecule has 0 saturated heterocycles. The van der Waals surface area contributed by atoms with Crippen molar-refractivity contribution in [2.75, 3.05) is 0 Å². The van der Waals surface area contributed by atoms with Crippen molar-refractivity contribution < 1.29 is 9.47 Å². The fourth-order valence-electron chi connectivity index (χ4n) is 23.2. The van der Waals surface area contributed by atoms with Gasteiger partial charge in [0.1, 0.15) is 23.0 Å². The molecule has 0 amide bonds. The molecule has 28 rings (SSSR count). The Labute approximate surface area is 727 Å². The summed E-state index contributed by atoms with van der Waals surface area (Å²) in [6.07, 6.45) is 0.713. The lowest BCUT2D eigenvalue weighted by Crippen LogP contribution is -2.58. The van der Waals surface area contributed by atoms with Crippen LogP contribution in [0.25, 0.3) is 187 Å². The predicted molar refractivity (Wildman–Crippen MR) is 528 cm³/mol. The van der Waals surface area contributed by atoms with Gasteiger partial charge in [0.05, 0.1) is 55.2 Å². The van der Waals surface area contributed by atoms with E-state index < -0.39 is 5.41 Å². The normalized spacial score (nSPS) is 13.2. The van der Waals surface area contributed by atoms with Crippen molar-refractivity contribution in [2.45, 2.75) is 51.9 Å². The molecule has 0 radical (unpaired) electrons. The van der Waals surface area contributed by atoms with E-state index in [4.69, 9.17) is 9.47 Å². The van der Waals surface area contributed by atoms with E-state index >= 15 is 0 Å². The van der Waals surface area contributed by atoms with E-state index in [0.717, 1.165) is 90.2 Å². The van der Waals surface area contributed by atoms with Gasteiger partial charge >= 0.3 is 0 Å². The maximum absolute atomic E-state index is 7.72. The molecule has 0 bridgehead atoms. The molecule has 0 N–H and O–H groups in total. The lowest BCUT2D eigenvalue weighted by Gasteiger charge is -2.36. The molecule has 0 spiro atoms. The van der Waals surface area contributed by atoms with Gasteiger partial charge in [-0.1, -0.05) is 247 Å². The Morgan fingerprint density at radius 2 is 0.643 bits per heavy atom. The van der Waals surface area contributed by atoms with Gasteiger partial charge < -0.3 is 36.9 Å². The molecule has 8 nitrogen and oxygen atoms in total. The summed E-state index contributed by atoms with van der Waals surface area (Å²) in [6, 6.07) is 140. The standard InChI is InChI=1S/C116H78B2N6O2/c1-115(2,3)73-44-49-91-109(61-73)126-110-56-68(67-116(4,5)74-45-54-107-92(60-74)118-93-59-72(70-27-10-7-11-28-70)58-89-85-57-71(69-25-8-6-9-26-69)43-50-103(85)123(113(89)93)105-41-24-42-108(125-107)111(105)118)55-106-112(110)117(91)94-66-78(122-100-40-23-17-34-84(100)87-63-76(47-52-102(87)122)120-97-37-20-14-31-81(97)82-32-15-21-38-98(82)120)65-90-88-64-77(48-53-104(88)124(106)114(90)94)121-99-39-22-16-33-83(99)86-62-75(46-51-101(86)121)119-95-35-18-12-29-79(95)80-30-13-19-36-96(80)119/h6-66H,67H2,1-5H3. The first kappa shape index (κ1) is 70.1. The summed E-state index contributed by atoms with van der Waals surface area (Å²) in [5.74, 6) is 3.58. The number of rotatable bonds is 9. The van der Waals surface area contributed by atoms with E-state index in [1.807, 2.05) is 0 Å². The third-order valence-electron chi connectivity index (χ3n) is 28.8. The molecule has 0 saturated carbocycles. The fraction of sp³-hybridized carbons (Fsp3) is 0.0690. The van der Waals surface area contributed by atoms with E-state index in [9.17, 15) is 0 Å². The van der Waals surface area contributed by atoms with Crippen LogP contribution in [0.15, 0.2) is 370 Å². The summed E-state index contributed by atoms with van der Waals surface area (Å²) < 4.78 is 30.1. The van der Waals surface area contributed by atoms with Crippen molar-refractivity contribution in [3.05, 3.63) is 387 Å². The third kappa shape index (κ3) is 9.70. The summed E-state index contributed by atoms with van der Waals surface area (Å²) in [4.78, 5) is 0. The van der Waals surface area contributed by atoms with Crippen molar-refractivity contribution in [3.63, 3.8) is 0 Å². The highest BCUT2D eigenvalue weighted by Gasteiger charge is 2.45. The first-order valence-corrected chi connectivity index (χ1v) is 44.2. The summed E-state index contributed by atoms with van der Waals surface area (Å²) >= 11 is 0. The lowest BCUT2D eigenvalue weighted by molar-refractivity contribution is 0.478. The van der Waals surface area contributed by atoms with Crippen molar-refractivity contribution >= 4 is 177 Å². The number of benzene rings is 18.